The molecule has 30 heavy (non-hydrogen) atoms. The number of para-hydroxylation sites is 1. The molecule has 0 saturated heterocycles. The van der Waals surface area contributed by atoms with Gasteiger partial charge in [0.15, 0.2) is 11.3 Å². The minimum absolute atomic E-state index is 0.122. The molecule has 2 N–H and O–H groups in total. The van der Waals surface area contributed by atoms with Crippen molar-refractivity contribution < 1.29 is 13.9 Å². The summed E-state index contributed by atoms with van der Waals surface area (Å²) in [4.78, 5) is 14.7. The molecule has 2 heterocycles. The van der Waals surface area contributed by atoms with E-state index < -0.39 is 0 Å². The Labute approximate surface area is 177 Å². The number of ether oxygens (including phenoxy) is 1. The molecular formula is C25H30N2O3. The molecule has 5 nitrogen and oxygen atoms in total. The van der Waals surface area contributed by atoms with Gasteiger partial charge in [0.25, 0.3) is 5.91 Å². The molecule has 0 bridgehead atoms. The van der Waals surface area contributed by atoms with Gasteiger partial charge < -0.3 is 19.8 Å². The summed E-state index contributed by atoms with van der Waals surface area (Å²) in [5, 5.41) is 1.07. The average molecular weight is 407 g/mol. The highest BCUT2D eigenvalue weighted by atomic mass is 16.5. The third-order valence-corrected chi connectivity index (χ3v) is 6.38. The normalized spacial score (nSPS) is 15.5. The fraction of sp³-hybridized carbons (Fsp3) is 0.400. The third-order valence-electron chi connectivity index (χ3n) is 6.38. The average Bonchev–Trinajstić information content (AvgIpc) is 3.27. The van der Waals surface area contributed by atoms with Gasteiger partial charge in [-0.1, -0.05) is 18.2 Å². The molecule has 3 aromatic rings. The fourth-order valence-electron chi connectivity index (χ4n) is 4.21. The molecule has 158 valence electrons. The fourth-order valence-corrected chi connectivity index (χ4v) is 4.21. The molecule has 5 heteroatoms. The third kappa shape index (κ3) is 3.82. The summed E-state index contributed by atoms with van der Waals surface area (Å²) < 4.78 is 11.1. The van der Waals surface area contributed by atoms with Crippen LogP contribution in [0.2, 0.25) is 0 Å². The summed E-state index contributed by atoms with van der Waals surface area (Å²) in [6.07, 6.45) is 4.18. The Balaban J connectivity index is 1.38. The molecule has 0 aliphatic carbocycles. The van der Waals surface area contributed by atoms with Crippen LogP contribution in [0.25, 0.3) is 11.0 Å². The molecule has 2 aromatic carbocycles. The van der Waals surface area contributed by atoms with Crippen molar-refractivity contribution in [1.29, 1.82) is 0 Å². The number of benzene rings is 2. The number of hydrogen-bond acceptors (Lipinski definition) is 4. The minimum atomic E-state index is -0.372. The number of methoxy groups -OCH3 is 1. The zero-order valence-corrected chi connectivity index (χ0v) is 18.2. The first kappa shape index (κ1) is 20.5. The maximum Gasteiger partial charge on any atom is 0.254 e. The van der Waals surface area contributed by atoms with Crippen LogP contribution in [0.4, 0.5) is 0 Å². The molecular weight excluding hydrogens is 376 g/mol. The number of fused-ring (bicyclic) bond motifs is 2. The number of rotatable bonds is 7. The van der Waals surface area contributed by atoms with Gasteiger partial charge in [-0.05, 0) is 74.4 Å². The van der Waals surface area contributed by atoms with Gasteiger partial charge in [0.1, 0.15) is 0 Å². The summed E-state index contributed by atoms with van der Waals surface area (Å²) >= 11 is 0. The first-order valence-electron chi connectivity index (χ1n) is 10.5. The van der Waals surface area contributed by atoms with Crippen molar-refractivity contribution in [2.24, 2.45) is 5.73 Å². The van der Waals surface area contributed by atoms with Crippen LogP contribution in [-0.4, -0.2) is 30.0 Å². The second kappa shape index (κ2) is 7.80. The number of hydrogen-bond donors (Lipinski definition) is 1. The molecule has 0 spiro atoms. The van der Waals surface area contributed by atoms with Crippen LogP contribution in [0.3, 0.4) is 0 Å². The van der Waals surface area contributed by atoms with Crippen LogP contribution in [0.1, 0.15) is 52.4 Å². The van der Waals surface area contributed by atoms with Crippen molar-refractivity contribution in [2.75, 3.05) is 13.7 Å². The number of nitrogens with zero attached hydrogens (tertiary/aromatic N) is 1. The quantitative estimate of drug-likeness (QED) is 0.614. The van der Waals surface area contributed by atoms with E-state index in [2.05, 4.69) is 32.9 Å². The van der Waals surface area contributed by atoms with Crippen LogP contribution in [0.5, 0.6) is 5.75 Å². The van der Waals surface area contributed by atoms with Crippen LogP contribution in [-0.2, 0) is 13.0 Å². The molecule has 0 fully saturated rings. The summed E-state index contributed by atoms with van der Waals surface area (Å²) in [6.45, 7) is 7.56. The van der Waals surface area contributed by atoms with Crippen LogP contribution in [0, 0.1) is 13.8 Å². The predicted molar refractivity (Wildman–Crippen MR) is 119 cm³/mol. The molecule has 0 saturated carbocycles. The lowest BCUT2D eigenvalue weighted by atomic mass is 9.90. The standard InChI is InChI=1S/C25H30N2O3/c1-16-12-19-14-27(24(28)21(19)13-17(16)2)11-10-25(3,26)9-8-18-15-30-23-20(18)6-5-7-22(23)29-4/h5-7,12-13,15H,8-11,14,26H2,1-4H3. The Hall–Kier alpha value is -2.79. The maximum atomic E-state index is 12.8. The Morgan fingerprint density at radius 3 is 2.73 bits per heavy atom. The molecule has 1 aliphatic heterocycles. The lowest BCUT2D eigenvalue weighted by Crippen LogP contribution is -2.40. The molecule has 1 aliphatic rings. The van der Waals surface area contributed by atoms with Crippen molar-refractivity contribution in [3.8, 4) is 5.75 Å². The SMILES string of the molecule is COc1cccc2c(CCC(C)(N)CCN3Cc4cc(C)c(C)cc4C3=O)coc12. The lowest BCUT2D eigenvalue weighted by molar-refractivity contribution is 0.0766. The summed E-state index contributed by atoms with van der Waals surface area (Å²) in [7, 11) is 1.65. The van der Waals surface area contributed by atoms with Gasteiger partial charge in [0, 0.05) is 29.6 Å². The summed E-state index contributed by atoms with van der Waals surface area (Å²) in [5.41, 5.74) is 12.5. The van der Waals surface area contributed by atoms with E-state index >= 15 is 0 Å². The molecule has 1 atom stereocenters. The highest BCUT2D eigenvalue weighted by Gasteiger charge is 2.29. The predicted octanol–water partition coefficient (Wildman–Crippen LogP) is 4.75. The molecule has 1 unspecified atom stereocenters. The van der Waals surface area contributed by atoms with Crippen LogP contribution < -0.4 is 10.5 Å². The highest BCUT2D eigenvalue weighted by Crippen LogP contribution is 2.31. The number of nitrogens with two attached hydrogens (primary N) is 1. The van der Waals surface area contributed by atoms with E-state index in [1.807, 2.05) is 23.1 Å². The van der Waals surface area contributed by atoms with E-state index in [9.17, 15) is 4.79 Å². The molecule has 1 aromatic heterocycles. The van der Waals surface area contributed by atoms with Gasteiger partial charge in [-0.2, -0.15) is 0 Å². The Bertz CT molecular complexity index is 1100. The van der Waals surface area contributed by atoms with Crippen molar-refractivity contribution >= 4 is 16.9 Å². The van der Waals surface area contributed by atoms with E-state index in [1.54, 1.807) is 13.4 Å². The van der Waals surface area contributed by atoms with Gasteiger partial charge in [-0.15, -0.1) is 0 Å². The maximum absolute atomic E-state index is 12.8. The number of amides is 1. The van der Waals surface area contributed by atoms with Gasteiger partial charge in [0.2, 0.25) is 0 Å². The van der Waals surface area contributed by atoms with E-state index in [4.69, 9.17) is 14.9 Å². The second-order valence-electron chi connectivity index (χ2n) is 8.82. The smallest absolute Gasteiger partial charge is 0.254 e. The van der Waals surface area contributed by atoms with E-state index in [-0.39, 0.29) is 11.4 Å². The van der Waals surface area contributed by atoms with Gasteiger partial charge in [-0.3, -0.25) is 4.79 Å². The molecule has 0 radical (unpaired) electrons. The lowest BCUT2D eigenvalue weighted by Gasteiger charge is -2.27. The zero-order chi connectivity index (χ0) is 21.5. The van der Waals surface area contributed by atoms with Crippen LogP contribution >= 0.6 is 0 Å². The number of carbonyl (C=O) groups excluding carboxylic acids is 1. The Morgan fingerprint density at radius 2 is 1.97 bits per heavy atom. The van der Waals surface area contributed by atoms with Crippen molar-refractivity contribution in [3.63, 3.8) is 0 Å². The number of aryl methyl sites for hydroxylation is 3. The number of furan rings is 1. The highest BCUT2D eigenvalue weighted by molar-refractivity contribution is 5.98. The van der Waals surface area contributed by atoms with Gasteiger partial charge in [0.05, 0.1) is 13.4 Å². The molecule has 4 rings (SSSR count). The van der Waals surface area contributed by atoms with Crippen molar-refractivity contribution in [3.05, 3.63) is 64.4 Å². The Morgan fingerprint density at radius 1 is 1.20 bits per heavy atom. The Kier molecular flexibility index (Phi) is 5.33. The van der Waals surface area contributed by atoms with Gasteiger partial charge in [-0.25, -0.2) is 0 Å². The zero-order valence-electron chi connectivity index (χ0n) is 18.2. The van der Waals surface area contributed by atoms with Crippen LogP contribution in [0.15, 0.2) is 41.0 Å². The van der Waals surface area contributed by atoms with Gasteiger partial charge >= 0.3 is 0 Å². The topological polar surface area (TPSA) is 68.7 Å². The van der Waals surface area contributed by atoms with Crippen molar-refractivity contribution in [1.82, 2.24) is 4.90 Å². The minimum Gasteiger partial charge on any atom is -0.493 e. The van der Waals surface area contributed by atoms with Crippen molar-refractivity contribution in [2.45, 2.75) is 52.1 Å². The first-order chi connectivity index (χ1) is 14.3. The molecule has 1 amide bonds. The first-order valence-corrected chi connectivity index (χ1v) is 10.5. The summed E-state index contributed by atoms with van der Waals surface area (Å²) in [5.74, 6) is 0.865. The van der Waals surface area contributed by atoms with E-state index in [0.29, 0.717) is 13.1 Å². The monoisotopic (exact) mass is 406 g/mol. The van der Waals surface area contributed by atoms with E-state index in [0.717, 1.165) is 58.2 Å². The number of carbonyl (C=O) groups is 1. The summed E-state index contributed by atoms with van der Waals surface area (Å²) in [6, 6.07) is 10.1. The second-order valence-corrected chi connectivity index (χ2v) is 8.82. The largest absolute Gasteiger partial charge is 0.493 e. The van der Waals surface area contributed by atoms with E-state index in [1.165, 1.54) is 5.56 Å².